The lowest BCUT2D eigenvalue weighted by Crippen LogP contribution is -2.38. The van der Waals surface area contributed by atoms with Crippen LogP contribution in [0.2, 0.25) is 5.02 Å². The molecule has 0 amide bonds. The third-order valence-corrected chi connectivity index (χ3v) is 5.98. The van der Waals surface area contributed by atoms with Gasteiger partial charge in [0, 0.05) is 19.6 Å². The molecule has 2 N–H and O–H groups in total. The minimum absolute atomic E-state index is 0.00382. The van der Waals surface area contributed by atoms with Crippen LogP contribution in [-0.2, 0) is 16.6 Å². The van der Waals surface area contributed by atoms with Crippen molar-refractivity contribution >= 4 is 21.6 Å². The highest BCUT2D eigenvalue weighted by Gasteiger charge is 2.29. The van der Waals surface area contributed by atoms with Gasteiger partial charge >= 0.3 is 0 Å². The lowest BCUT2D eigenvalue weighted by Gasteiger charge is -2.29. The molecule has 1 aliphatic heterocycles. The molecule has 20 heavy (non-hydrogen) atoms. The fourth-order valence-electron chi connectivity index (χ4n) is 2.29. The van der Waals surface area contributed by atoms with E-state index in [2.05, 4.69) is 6.92 Å². The fourth-order valence-corrected chi connectivity index (χ4v) is 4.01. The molecule has 0 spiro atoms. The number of hydrogen-bond donors (Lipinski definition) is 1. The van der Waals surface area contributed by atoms with Gasteiger partial charge in [-0.15, -0.1) is 0 Å². The smallest absolute Gasteiger partial charge is 0.243 e. The van der Waals surface area contributed by atoms with Gasteiger partial charge in [-0.05, 0) is 36.5 Å². The van der Waals surface area contributed by atoms with E-state index in [4.69, 9.17) is 17.3 Å². The predicted molar refractivity (Wildman–Crippen MR) is 76.5 cm³/mol. The van der Waals surface area contributed by atoms with Crippen molar-refractivity contribution in [3.63, 3.8) is 0 Å². The van der Waals surface area contributed by atoms with Crippen molar-refractivity contribution in [2.24, 2.45) is 11.7 Å². The Morgan fingerprint density at radius 2 is 2.00 bits per heavy atom. The average Bonchev–Trinajstić information content (AvgIpc) is 2.42. The average molecular weight is 321 g/mol. The lowest BCUT2D eigenvalue weighted by molar-refractivity contribution is 0.288. The second-order valence-corrected chi connectivity index (χ2v) is 7.48. The summed E-state index contributed by atoms with van der Waals surface area (Å²) in [6, 6.07) is 2.33. The number of halogens is 2. The molecule has 4 nitrogen and oxygen atoms in total. The minimum Gasteiger partial charge on any atom is -0.326 e. The summed E-state index contributed by atoms with van der Waals surface area (Å²) in [5.41, 5.74) is 5.77. The summed E-state index contributed by atoms with van der Waals surface area (Å²) in [5, 5.41) is -0.112. The SMILES string of the molecule is CC1CCN(S(=O)(=O)c2cc(F)c(Cl)c(CN)c2)CC1. The summed E-state index contributed by atoms with van der Waals surface area (Å²) in [5.74, 6) is -0.235. The van der Waals surface area contributed by atoms with Gasteiger partial charge in [0.15, 0.2) is 0 Å². The highest BCUT2D eigenvalue weighted by molar-refractivity contribution is 7.89. The molecule has 1 aromatic carbocycles. The number of nitrogens with zero attached hydrogens (tertiary/aromatic N) is 1. The zero-order chi connectivity index (χ0) is 14.9. The standard InChI is InChI=1S/C13H18ClFN2O2S/c1-9-2-4-17(5-3-9)20(18,19)11-6-10(8-16)13(14)12(15)7-11/h6-7,9H,2-5,8,16H2,1H3. The molecule has 1 aliphatic rings. The van der Waals surface area contributed by atoms with Crippen LogP contribution in [0.1, 0.15) is 25.3 Å². The molecule has 112 valence electrons. The Balaban J connectivity index is 2.37. The van der Waals surface area contributed by atoms with E-state index in [1.54, 1.807) is 0 Å². The van der Waals surface area contributed by atoms with E-state index in [0.29, 0.717) is 24.6 Å². The number of nitrogens with two attached hydrogens (primary N) is 1. The van der Waals surface area contributed by atoms with E-state index < -0.39 is 15.8 Å². The third kappa shape index (κ3) is 2.98. The Labute approximate surface area is 123 Å². The van der Waals surface area contributed by atoms with Crippen molar-refractivity contribution in [3.8, 4) is 0 Å². The number of hydrogen-bond acceptors (Lipinski definition) is 3. The molecule has 0 aromatic heterocycles. The van der Waals surface area contributed by atoms with Gasteiger partial charge in [0.2, 0.25) is 10.0 Å². The molecule has 0 saturated carbocycles. The normalized spacial score (nSPS) is 18.4. The Hall–Kier alpha value is -0.690. The summed E-state index contributed by atoms with van der Waals surface area (Å²) >= 11 is 5.76. The molecule has 0 aliphatic carbocycles. The van der Waals surface area contributed by atoms with Gasteiger partial charge < -0.3 is 5.73 Å². The zero-order valence-electron chi connectivity index (χ0n) is 11.3. The Morgan fingerprint density at radius 1 is 1.40 bits per heavy atom. The van der Waals surface area contributed by atoms with E-state index in [0.717, 1.165) is 18.9 Å². The first-order valence-corrected chi connectivity index (χ1v) is 8.36. The molecular formula is C13H18ClFN2O2S. The number of benzene rings is 1. The van der Waals surface area contributed by atoms with Crippen LogP contribution in [0.25, 0.3) is 0 Å². The lowest BCUT2D eigenvalue weighted by atomic mass is 10.0. The number of piperidine rings is 1. The number of sulfonamides is 1. The van der Waals surface area contributed by atoms with Crippen LogP contribution in [0.3, 0.4) is 0 Å². The van der Waals surface area contributed by atoms with Gasteiger partial charge in [-0.25, -0.2) is 12.8 Å². The van der Waals surface area contributed by atoms with E-state index in [-0.39, 0.29) is 16.5 Å². The molecule has 0 radical (unpaired) electrons. The zero-order valence-corrected chi connectivity index (χ0v) is 12.8. The van der Waals surface area contributed by atoms with Crippen molar-refractivity contribution in [1.82, 2.24) is 4.31 Å². The molecule has 7 heteroatoms. The van der Waals surface area contributed by atoms with Crippen LogP contribution < -0.4 is 5.73 Å². The van der Waals surface area contributed by atoms with E-state index in [1.807, 2.05) is 0 Å². The molecule has 1 aromatic rings. The Bertz CT molecular complexity index is 599. The highest BCUT2D eigenvalue weighted by Crippen LogP contribution is 2.28. The summed E-state index contributed by atoms with van der Waals surface area (Å²) in [6.07, 6.45) is 1.64. The van der Waals surface area contributed by atoms with Crippen LogP contribution in [0, 0.1) is 11.7 Å². The van der Waals surface area contributed by atoms with Crippen molar-refractivity contribution < 1.29 is 12.8 Å². The van der Waals surface area contributed by atoms with E-state index in [9.17, 15) is 12.8 Å². The van der Waals surface area contributed by atoms with Crippen LogP contribution in [-0.4, -0.2) is 25.8 Å². The first-order chi connectivity index (χ1) is 9.36. The van der Waals surface area contributed by atoms with Crippen LogP contribution in [0.5, 0.6) is 0 Å². The molecule has 1 heterocycles. The van der Waals surface area contributed by atoms with Gasteiger partial charge in [0.05, 0.1) is 9.92 Å². The Kier molecular flexibility index (Phi) is 4.69. The second-order valence-electron chi connectivity index (χ2n) is 5.17. The molecule has 0 unspecified atom stereocenters. The van der Waals surface area contributed by atoms with Crippen molar-refractivity contribution in [2.45, 2.75) is 31.2 Å². The van der Waals surface area contributed by atoms with Crippen LogP contribution in [0.15, 0.2) is 17.0 Å². The molecule has 1 saturated heterocycles. The summed E-state index contributed by atoms with van der Waals surface area (Å²) in [6.45, 7) is 3.02. The highest BCUT2D eigenvalue weighted by atomic mass is 35.5. The molecule has 2 rings (SSSR count). The van der Waals surface area contributed by atoms with Crippen LogP contribution >= 0.6 is 11.6 Å². The monoisotopic (exact) mass is 320 g/mol. The van der Waals surface area contributed by atoms with E-state index >= 15 is 0 Å². The summed E-state index contributed by atoms with van der Waals surface area (Å²) < 4.78 is 40.1. The van der Waals surface area contributed by atoms with Crippen LogP contribution in [0.4, 0.5) is 4.39 Å². The second kappa shape index (κ2) is 5.97. The quantitative estimate of drug-likeness (QED) is 0.930. The summed E-state index contributed by atoms with van der Waals surface area (Å²) in [7, 11) is -3.68. The maximum atomic E-state index is 13.7. The predicted octanol–water partition coefficient (Wildman–Crippen LogP) is 2.36. The van der Waals surface area contributed by atoms with E-state index in [1.165, 1.54) is 10.4 Å². The maximum Gasteiger partial charge on any atom is 0.243 e. The van der Waals surface area contributed by atoms with Crippen molar-refractivity contribution in [2.75, 3.05) is 13.1 Å². The van der Waals surface area contributed by atoms with Crippen molar-refractivity contribution in [3.05, 3.63) is 28.5 Å². The number of rotatable bonds is 3. The topological polar surface area (TPSA) is 63.4 Å². The first-order valence-electron chi connectivity index (χ1n) is 6.54. The molecule has 1 fully saturated rings. The van der Waals surface area contributed by atoms with Gasteiger partial charge in [-0.2, -0.15) is 4.31 Å². The maximum absolute atomic E-state index is 13.7. The van der Waals surface area contributed by atoms with Gasteiger partial charge in [0.25, 0.3) is 0 Å². The fraction of sp³-hybridized carbons (Fsp3) is 0.538. The van der Waals surface area contributed by atoms with Gasteiger partial charge in [-0.3, -0.25) is 0 Å². The summed E-state index contributed by atoms with van der Waals surface area (Å²) in [4.78, 5) is -0.0746. The largest absolute Gasteiger partial charge is 0.326 e. The first kappa shape index (κ1) is 15.7. The Morgan fingerprint density at radius 3 is 2.55 bits per heavy atom. The molecule has 0 bridgehead atoms. The van der Waals surface area contributed by atoms with Gasteiger partial charge in [0.1, 0.15) is 5.82 Å². The third-order valence-electron chi connectivity index (χ3n) is 3.68. The molecular weight excluding hydrogens is 303 g/mol. The van der Waals surface area contributed by atoms with Crippen molar-refractivity contribution in [1.29, 1.82) is 0 Å². The minimum atomic E-state index is -3.68. The van der Waals surface area contributed by atoms with Gasteiger partial charge in [-0.1, -0.05) is 18.5 Å². The molecule has 0 atom stereocenters.